The van der Waals surface area contributed by atoms with Gasteiger partial charge in [0.25, 0.3) is 0 Å². The maximum Gasteiger partial charge on any atom is 0.310 e. The first-order chi connectivity index (χ1) is 11.7. The summed E-state index contributed by atoms with van der Waals surface area (Å²) in [4.78, 5) is 23.8. The minimum atomic E-state index is -3.37. The molecule has 7 heteroatoms. The van der Waals surface area contributed by atoms with Crippen LogP contribution in [-0.4, -0.2) is 33.0 Å². The molecule has 0 aromatic heterocycles. The third-order valence-corrected chi connectivity index (χ3v) is 3.95. The lowest BCUT2D eigenvalue weighted by molar-refractivity contribution is -0.141. The van der Waals surface area contributed by atoms with E-state index in [4.69, 9.17) is 4.74 Å². The minimum absolute atomic E-state index is 0.102. The molecule has 25 heavy (non-hydrogen) atoms. The van der Waals surface area contributed by atoms with Crippen LogP contribution in [0.25, 0.3) is 0 Å². The second-order valence-corrected chi connectivity index (χ2v) is 7.45. The van der Waals surface area contributed by atoms with Crippen molar-refractivity contribution < 1.29 is 22.7 Å². The Kier molecular flexibility index (Phi) is 5.93. The maximum absolute atomic E-state index is 12.0. The van der Waals surface area contributed by atoms with Crippen molar-refractivity contribution in [2.24, 2.45) is 0 Å². The van der Waals surface area contributed by atoms with Crippen LogP contribution in [0.3, 0.4) is 0 Å². The van der Waals surface area contributed by atoms with Crippen LogP contribution in [0, 0.1) is 6.92 Å². The summed E-state index contributed by atoms with van der Waals surface area (Å²) in [5, 5.41) is 0. The van der Waals surface area contributed by atoms with Crippen molar-refractivity contribution >= 4 is 27.5 Å². The van der Waals surface area contributed by atoms with E-state index >= 15 is 0 Å². The number of benzene rings is 2. The molecule has 0 fully saturated rings. The molecule has 132 valence electrons. The Balaban J connectivity index is 1.87. The molecular formula is C18H19NO5S. The number of esters is 1. The van der Waals surface area contributed by atoms with Gasteiger partial charge in [0.1, 0.15) is 0 Å². The summed E-state index contributed by atoms with van der Waals surface area (Å²) >= 11 is 0. The Morgan fingerprint density at radius 2 is 1.60 bits per heavy atom. The van der Waals surface area contributed by atoms with Crippen LogP contribution in [0.5, 0.6) is 0 Å². The maximum atomic E-state index is 12.0. The monoisotopic (exact) mass is 361 g/mol. The van der Waals surface area contributed by atoms with E-state index in [1.165, 1.54) is 24.3 Å². The predicted octanol–water partition coefficient (Wildman–Crippen LogP) is 2.34. The van der Waals surface area contributed by atoms with Gasteiger partial charge in [-0.1, -0.05) is 29.8 Å². The predicted molar refractivity (Wildman–Crippen MR) is 95.1 cm³/mol. The van der Waals surface area contributed by atoms with Crippen LogP contribution < -0.4 is 4.72 Å². The molecule has 6 nitrogen and oxygen atoms in total. The molecule has 0 amide bonds. The van der Waals surface area contributed by atoms with Gasteiger partial charge in [0.15, 0.2) is 12.4 Å². The van der Waals surface area contributed by atoms with Gasteiger partial charge in [-0.2, -0.15) is 0 Å². The fourth-order valence-corrected chi connectivity index (χ4v) is 2.66. The standard InChI is InChI=1S/C18H19NO5S/c1-13-3-5-14(6-4-13)11-18(21)24-12-17(20)15-7-9-16(10-8-15)19-25(2,22)23/h3-10,19H,11-12H2,1-2H3. The second-order valence-electron chi connectivity index (χ2n) is 5.70. The van der Waals surface area contributed by atoms with Crippen LogP contribution in [0.4, 0.5) is 5.69 Å². The number of sulfonamides is 1. The average molecular weight is 361 g/mol. The Morgan fingerprint density at radius 3 is 2.16 bits per heavy atom. The molecule has 2 aromatic carbocycles. The first-order valence-electron chi connectivity index (χ1n) is 7.55. The minimum Gasteiger partial charge on any atom is -0.457 e. The van der Waals surface area contributed by atoms with Gasteiger partial charge in [0.05, 0.1) is 12.7 Å². The number of carbonyl (C=O) groups excluding carboxylic acids is 2. The number of ketones is 1. The summed E-state index contributed by atoms with van der Waals surface area (Å²) in [5.41, 5.74) is 2.61. The Labute approximate surface area is 146 Å². The number of hydrogen-bond donors (Lipinski definition) is 1. The van der Waals surface area contributed by atoms with Gasteiger partial charge in [0, 0.05) is 11.3 Å². The van der Waals surface area contributed by atoms with Gasteiger partial charge < -0.3 is 4.74 Å². The molecule has 0 heterocycles. The van der Waals surface area contributed by atoms with Gasteiger partial charge in [-0.15, -0.1) is 0 Å². The van der Waals surface area contributed by atoms with E-state index in [9.17, 15) is 18.0 Å². The first kappa shape index (κ1) is 18.7. The highest BCUT2D eigenvalue weighted by atomic mass is 32.2. The van der Waals surface area contributed by atoms with Crippen LogP contribution in [-0.2, 0) is 26.0 Å². The number of rotatable bonds is 7. The van der Waals surface area contributed by atoms with Gasteiger partial charge in [0.2, 0.25) is 10.0 Å². The largest absolute Gasteiger partial charge is 0.457 e. The van der Waals surface area contributed by atoms with Crippen molar-refractivity contribution in [2.75, 3.05) is 17.6 Å². The molecule has 0 saturated heterocycles. The molecule has 0 aliphatic carbocycles. The van der Waals surface area contributed by atoms with Crippen LogP contribution in [0.15, 0.2) is 48.5 Å². The van der Waals surface area contributed by atoms with Crippen LogP contribution in [0.1, 0.15) is 21.5 Å². The molecule has 2 aromatic rings. The second kappa shape index (κ2) is 7.94. The fourth-order valence-electron chi connectivity index (χ4n) is 2.09. The van der Waals surface area contributed by atoms with Crippen molar-refractivity contribution in [3.63, 3.8) is 0 Å². The lowest BCUT2D eigenvalue weighted by atomic mass is 10.1. The Hall–Kier alpha value is -2.67. The zero-order valence-electron chi connectivity index (χ0n) is 14.0. The normalized spacial score (nSPS) is 11.0. The molecule has 2 rings (SSSR count). The number of ether oxygens (including phenoxy) is 1. The van der Waals surface area contributed by atoms with Gasteiger partial charge >= 0.3 is 5.97 Å². The average Bonchev–Trinajstić information content (AvgIpc) is 2.54. The number of hydrogen-bond acceptors (Lipinski definition) is 5. The van der Waals surface area contributed by atoms with E-state index in [1.807, 2.05) is 31.2 Å². The third kappa shape index (κ3) is 6.39. The molecule has 0 bridgehead atoms. The molecule has 0 atom stereocenters. The SMILES string of the molecule is Cc1ccc(CC(=O)OCC(=O)c2ccc(NS(C)(=O)=O)cc2)cc1. The van der Waals surface area contributed by atoms with E-state index in [0.717, 1.165) is 17.4 Å². The molecule has 0 aliphatic rings. The molecule has 0 radical (unpaired) electrons. The summed E-state index contributed by atoms with van der Waals surface area (Å²) in [6, 6.07) is 13.4. The van der Waals surface area contributed by atoms with E-state index in [1.54, 1.807) is 0 Å². The van der Waals surface area contributed by atoms with Crippen molar-refractivity contribution in [1.82, 2.24) is 0 Å². The highest BCUT2D eigenvalue weighted by Crippen LogP contribution is 2.12. The quantitative estimate of drug-likeness (QED) is 0.604. The zero-order chi connectivity index (χ0) is 18.4. The van der Waals surface area contributed by atoms with E-state index in [2.05, 4.69) is 4.72 Å². The number of aryl methyl sites for hydroxylation is 1. The van der Waals surface area contributed by atoms with Crippen molar-refractivity contribution in [3.05, 3.63) is 65.2 Å². The van der Waals surface area contributed by atoms with Crippen molar-refractivity contribution in [2.45, 2.75) is 13.3 Å². The molecule has 0 saturated carbocycles. The summed E-state index contributed by atoms with van der Waals surface area (Å²) in [5.74, 6) is -0.837. The number of carbonyl (C=O) groups is 2. The van der Waals surface area contributed by atoms with E-state index in [-0.39, 0.29) is 18.8 Å². The topological polar surface area (TPSA) is 89.5 Å². The number of anilines is 1. The lowest BCUT2D eigenvalue weighted by Gasteiger charge is -2.07. The molecule has 0 unspecified atom stereocenters. The van der Waals surface area contributed by atoms with Crippen molar-refractivity contribution in [3.8, 4) is 0 Å². The third-order valence-electron chi connectivity index (χ3n) is 3.34. The van der Waals surface area contributed by atoms with Crippen molar-refractivity contribution in [1.29, 1.82) is 0 Å². The highest BCUT2D eigenvalue weighted by Gasteiger charge is 2.11. The van der Waals surface area contributed by atoms with E-state index in [0.29, 0.717) is 11.3 Å². The Morgan fingerprint density at radius 1 is 1.00 bits per heavy atom. The van der Waals surface area contributed by atoms with E-state index < -0.39 is 16.0 Å². The summed E-state index contributed by atoms with van der Waals surface area (Å²) in [6.45, 7) is 1.60. The summed E-state index contributed by atoms with van der Waals surface area (Å²) in [7, 11) is -3.37. The van der Waals surface area contributed by atoms with Crippen LogP contribution in [0.2, 0.25) is 0 Å². The fraction of sp³-hybridized carbons (Fsp3) is 0.222. The number of nitrogens with one attached hydrogen (secondary N) is 1. The smallest absolute Gasteiger partial charge is 0.310 e. The number of Topliss-reactive ketones (excluding diaryl/α,β-unsaturated/α-hetero) is 1. The van der Waals surface area contributed by atoms with Crippen LogP contribution >= 0.6 is 0 Å². The molecule has 0 aliphatic heterocycles. The highest BCUT2D eigenvalue weighted by molar-refractivity contribution is 7.92. The Bertz CT molecular complexity index is 855. The zero-order valence-corrected chi connectivity index (χ0v) is 14.8. The van der Waals surface area contributed by atoms with Gasteiger partial charge in [-0.3, -0.25) is 14.3 Å². The van der Waals surface area contributed by atoms with Gasteiger partial charge in [-0.25, -0.2) is 8.42 Å². The summed E-state index contributed by atoms with van der Waals surface area (Å²) in [6.07, 6.45) is 1.14. The molecular weight excluding hydrogens is 342 g/mol. The van der Waals surface area contributed by atoms with Gasteiger partial charge in [-0.05, 0) is 36.8 Å². The first-order valence-corrected chi connectivity index (χ1v) is 9.44. The molecule has 1 N–H and O–H groups in total. The lowest BCUT2D eigenvalue weighted by Crippen LogP contribution is -2.16. The summed E-state index contributed by atoms with van der Waals surface area (Å²) < 4.78 is 29.6. The molecule has 0 spiro atoms.